The van der Waals surface area contributed by atoms with Gasteiger partial charge in [0.25, 0.3) is 0 Å². The van der Waals surface area contributed by atoms with Gasteiger partial charge in [-0.05, 0) is 0 Å². The first-order chi connectivity index (χ1) is 12.5. The van der Waals surface area contributed by atoms with Crippen molar-refractivity contribution < 1.29 is 23.1 Å². The van der Waals surface area contributed by atoms with Crippen molar-refractivity contribution >= 4 is 23.8 Å². The van der Waals surface area contributed by atoms with Gasteiger partial charge in [0.15, 0.2) is 11.6 Å². The lowest BCUT2D eigenvalue weighted by molar-refractivity contribution is 0.0589. The number of rotatable bonds is 5. The number of halogens is 2. The molecule has 0 spiro atoms. The molecule has 0 unspecified atom stereocenters. The third-order valence-electron chi connectivity index (χ3n) is 4.13. The van der Waals surface area contributed by atoms with Crippen LogP contribution in [0.2, 0.25) is 0 Å². The third-order valence-corrected chi connectivity index (χ3v) is 4.13. The number of hydrogen-bond acceptors (Lipinski definition) is 7. The molecule has 3 rings (SSSR count). The largest absolute Gasteiger partial charge is 0.442 e. The summed E-state index contributed by atoms with van der Waals surface area (Å²) in [6.07, 6.45) is -0.425. The molecule has 11 heteroatoms. The van der Waals surface area contributed by atoms with Crippen LogP contribution in [0.5, 0.6) is 0 Å². The fraction of sp³-hybridized carbons (Fsp3) is 0.467. The van der Waals surface area contributed by atoms with Crippen LogP contribution in [0.25, 0.3) is 0 Å². The van der Waals surface area contributed by atoms with Crippen molar-refractivity contribution in [2.24, 2.45) is 5.84 Å². The second-order valence-corrected chi connectivity index (χ2v) is 5.93. The first kappa shape index (κ1) is 18.3. The Morgan fingerprint density at radius 3 is 2.81 bits per heavy atom. The van der Waals surface area contributed by atoms with Crippen LogP contribution in [0.3, 0.4) is 0 Å². The molecule has 1 atom stereocenters. The monoisotopic (exact) mass is 370 g/mol. The number of nitrogens with one attached hydrogen (secondary N) is 2. The van der Waals surface area contributed by atoms with Crippen LogP contribution in [0.15, 0.2) is 12.1 Å². The summed E-state index contributed by atoms with van der Waals surface area (Å²) in [4.78, 5) is 19.8. The molecule has 0 aliphatic carbocycles. The molecule has 0 bridgehead atoms. The highest BCUT2D eigenvalue weighted by atomic mass is 19.1. The summed E-state index contributed by atoms with van der Waals surface area (Å²) in [5.41, 5.74) is 2.60. The summed E-state index contributed by atoms with van der Waals surface area (Å²) in [6, 6.07) is 2.22. The Labute approximate surface area is 148 Å². The van der Waals surface area contributed by atoms with E-state index < -0.39 is 23.8 Å². The number of anilines is 2. The molecule has 9 nitrogen and oxygen atoms in total. The number of cyclic esters (lactones) is 1. The molecule has 2 heterocycles. The second kappa shape index (κ2) is 7.81. The number of nitrogens with two attached hydrogens (primary N) is 1. The Morgan fingerprint density at radius 2 is 2.12 bits per heavy atom. The molecular weight excluding hydrogens is 350 g/mol. The average Bonchev–Trinajstić information content (AvgIpc) is 2.80. The van der Waals surface area contributed by atoms with Crippen molar-refractivity contribution in [3.8, 4) is 0 Å². The van der Waals surface area contributed by atoms with E-state index in [1.165, 1.54) is 0 Å². The number of amides is 1. The molecule has 142 valence electrons. The Hall–Kier alpha value is -2.50. The quantitative estimate of drug-likeness (QED) is 0.298. The van der Waals surface area contributed by atoms with E-state index in [1.807, 2.05) is 0 Å². The minimum Gasteiger partial charge on any atom is -0.442 e. The molecule has 2 fully saturated rings. The van der Waals surface area contributed by atoms with Gasteiger partial charge in [-0.2, -0.15) is 0 Å². The maximum atomic E-state index is 14.6. The van der Waals surface area contributed by atoms with Crippen molar-refractivity contribution in [2.45, 2.75) is 6.10 Å². The Balaban J connectivity index is 1.79. The highest BCUT2D eigenvalue weighted by Gasteiger charge is 2.34. The van der Waals surface area contributed by atoms with E-state index in [2.05, 4.69) is 5.48 Å². The Bertz CT molecular complexity index is 660. The van der Waals surface area contributed by atoms with Crippen LogP contribution in [-0.2, 0) is 9.57 Å². The van der Waals surface area contributed by atoms with Crippen LogP contribution >= 0.6 is 0 Å². The maximum Gasteiger partial charge on any atom is 0.414 e. The van der Waals surface area contributed by atoms with E-state index in [4.69, 9.17) is 20.8 Å². The summed E-state index contributed by atoms with van der Waals surface area (Å²) in [5.74, 6) is 3.95. The zero-order valence-corrected chi connectivity index (χ0v) is 14.0. The molecule has 1 aromatic carbocycles. The lowest BCUT2D eigenvalue weighted by atomic mass is 10.2. The van der Waals surface area contributed by atoms with E-state index in [0.29, 0.717) is 26.2 Å². The summed E-state index contributed by atoms with van der Waals surface area (Å²) >= 11 is 0. The summed E-state index contributed by atoms with van der Waals surface area (Å²) in [6.45, 7) is 1.64. The number of hydroxylamine groups is 1. The molecule has 1 aromatic rings. The zero-order valence-electron chi connectivity index (χ0n) is 14.0. The number of hydrazine groups is 1. The standard InChI is InChI=1S/C15H20F2N6O3/c16-12-5-10(23-8-11(26-15(23)24)7-22(19)9-18)6-13(17)14(12)21-2-1-20-25-4-3-21/h5-6,9,11,18,20H,1-4,7-8,19H2/t11-/m0/s1. The lowest BCUT2D eigenvalue weighted by Crippen LogP contribution is -2.38. The van der Waals surface area contributed by atoms with Crippen LogP contribution in [-0.4, -0.2) is 62.9 Å². The van der Waals surface area contributed by atoms with Gasteiger partial charge in [0, 0.05) is 31.8 Å². The molecule has 0 aromatic heterocycles. The predicted molar refractivity (Wildman–Crippen MR) is 89.8 cm³/mol. The van der Waals surface area contributed by atoms with Crippen molar-refractivity contribution in [1.82, 2.24) is 10.5 Å². The Morgan fingerprint density at radius 1 is 1.38 bits per heavy atom. The smallest absolute Gasteiger partial charge is 0.414 e. The molecule has 0 saturated carbocycles. The average molecular weight is 370 g/mol. The minimum absolute atomic E-state index is 0.0684. The minimum atomic E-state index is -0.766. The van der Waals surface area contributed by atoms with Gasteiger partial charge in [0.1, 0.15) is 11.8 Å². The molecule has 2 saturated heterocycles. The second-order valence-electron chi connectivity index (χ2n) is 5.93. The first-order valence-electron chi connectivity index (χ1n) is 8.08. The number of ether oxygens (including phenoxy) is 1. The fourth-order valence-electron chi connectivity index (χ4n) is 2.94. The molecule has 0 radical (unpaired) electrons. The van der Waals surface area contributed by atoms with Gasteiger partial charge in [-0.15, -0.1) is 0 Å². The number of carbonyl (C=O) groups is 1. The van der Waals surface area contributed by atoms with Crippen LogP contribution in [0.1, 0.15) is 0 Å². The number of carbonyl (C=O) groups excluding carboxylic acids is 1. The summed E-state index contributed by atoms with van der Waals surface area (Å²) in [7, 11) is 0. The SMILES string of the molecule is N=CN(N)C[C@H]1CN(c2cc(F)c(N3CCNOCC3)c(F)c2)C(=O)O1. The van der Waals surface area contributed by atoms with Gasteiger partial charge in [-0.25, -0.2) is 24.9 Å². The molecule has 26 heavy (non-hydrogen) atoms. The van der Waals surface area contributed by atoms with Crippen LogP contribution in [0, 0.1) is 17.0 Å². The first-order valence-corrected chi connectivity index (χ1v) is 8.08. The fourth-order valence-corrected chi connectivity index (χ4v) is 2.94. The van der Waals surface area contributed by atoms with E-state index in [0.717, 1.165) is 28.4 Å². The van der Waals surface area contributed by atoms with Gasteiger partial charge in [-0.3, -0.25) is 20.2 Å². The van der Waals surface area contributed by atoms with Gasteiger partial charge in [-0.1, -0.05) is 0 Å². The number of nitrogens with zero attached hydrogens (tertiary/aromatic N) is 3. The van der Waals surface area contributed by atoms with Crippen LogP contribution < -0.4 is 21.1 Å². The van der Waals surface area contributed by atoms with Gasteiger partial charge >= 0.3 is 6.09 Å². The maximum absolute atomic E-state index is 14.6. The van der Waals surface area contributed by atoms with Gasteiger partial charge < -0.3 is 9.64 Å². The molecule has 2 aliphatic heterocycles. The van der Waals surface area contributed by atoms with E-state index >= 15 is 0 Å². The molecule has 1 amide bonds. The highest BCUT2D eigenvalue weighted by molar-refractivity contribution is 5.90. The van der Waals surface area contributed by atoms with Gasteiger partial charge in [0.2, 0.25) is 0 Å². The van der Waals surface area contributed by atoms with Crippen molar-refractivity contribution in [1.29, 1.82) is 5.41 Å². The van der Waals surface area contributed by atoms with Crippen LogP contribution in [0.4, 0.5) is 25.0 Å². The normalized spacial score (nSPS) is 20.7. The highest BCUT2D eigenvalue weighted by Crippen LogP contribution is 2.31. The summed E-state index contributed by atoms with van der Waals surface area (Å²) < 4.78 is 34.3. The summed E-state index contributed by atoms with van der Waals surface area (Å²) in [5, 5.41) is 8.09. The molecular formula is C15H20F2N6O3. The van der Waals surface area contributed by atoms with Gasteiger partial charge in [0.05, 0.1) is 31.7 Å². The third kappa shape index (κ3) is 3.84. The van der Waals surface area contributed by atoms with E-state index in [9.17, 15) is 13.6 Å². The van der Waals surface area contributed by atoms with Crippen molar-refractivity contribution in [3.63, 3.8) is 0 Å². The lowest BCUT2D eigenvalue weighted by Gasteiger charge is -2.24. The zero-order chi connectivity index (χ0) is 18.7. The number of benzene rings is 1. The predicted octanol–water partition coefficient (Wildman–Crippen LogP) is 0.414. The molecule has 4 N–H and O–H groups in total. The Kier molecular flexibility index (Phi) is 5.49. The van der Waals surface area contributed by atoms with E-state index in [1.54, 1.807) is 4.90 Å². The van der Waals surface area contributed by atoms with Crippen molar-refractivity contribution in [3.05, 3.63) is 23.8 Å². The van der Waals surface area contributed by atoms with Crippen molar-refractivity contribution in [2.75, 3.05) is 49.1 Å². The van der Waals surface area contributed by atoms with E-state index in [-0.39, 0.29) is 24.5 Å². The number of hydrogen-bond donors (Lipinski definition) is 3. The molecule has 2 aliphatic rings. The topological polar surface area (TPSA) is 107 Å².